The van der Waals surface area contributed by atoms with Crippen molar-refractivity contribution in [2.45, 2.75) is 26.8 Å². The van der Waals surface area contributed by atoms with E-state index < -0.39 is 0 Å². The van der Waals surface area contributed by atoms with Gasteiger partial charge in [-0.3, -0.25) is 14.3 Å². The van der Waals surface area contributed by atoms with Gasteiger partial charge < -0.3 is 14.4 Å². The Kier molecular flexibility index (Phi) is 6.87. The molecule has 0 atom stereocenters. The van der Waals surface area contributed by atoms with Crippen molar-refractivity contribution in [2.24, 2.45) is 0 Å². The summed E-state index contributed by atoms with van der Waals surface area (Å²) in [6, 6.07) is 1.92. The second-order valence-electron chi connectivity index (χ2n) is 4.78. The molecule has 21 heavy (non-hydrogen) atoms. The number of ether oxygens (including phenoxy) is 2. The van der Waals surface area contributed by atoms with E-state index in [9.17, 15) is 9.59 Å². The van der Waals surface area contributed by atoms with E-state index in [1.54, 1.807) is 16.7 Å². The molecule has 0 saturated carbocycles. The van der Waals surface area contributed by atoms with Crippen molar-refractivity contribution in [3.8, 4) is 0 Å². The van der Waals surface area contributed by atoms with Gasteiger partial charge in [-0.05, 0) is 19.9 Å². The van der Waals surface area contributed by atoms with Crippen LogP contribution in [0.15, 0.2) is 6.07 Å². The number of carbonyl (C=O) groups excluding carboxylic acids is 2. The molecule has 1 aromatic rings. The average Bonchev–Trinajstić information content (AvgIpc) is 2.76. The van der Waals surface area contributed by atoms with Gasteiger partial charge in [0.2, 0.25) is 5.91 Å². The molecule has 1 aromatic heterocycles. The number of rotatable bonds is 8. The zero-order valence-electron chi connectivity index (χ0n) is 13.1. The Balaban J connectivity index is 2.65. The number of esters is 1. The molecule has 1 rings (SSSR count). The Hall–Kier alpha value is -1.89. The van der Waals surface area contributed by atoms with Crippen molar-refractivity contribution in [3.63, 3.8) is 0 Å². The Morgan fingerprint density at radius 3 is 2.52 bits per heavy atom. The molecule has 118 valence electrons. The third-order valence-electron chi connectivity index (χ3n) is 3.12. The van der Waals surface area contributed by atoms with Crippen molar-refractivity contribution in [1.82, 2.24) is 14.7 Å². The second kappa shape index (κ2) is 8.41. The van der Waals surface area contributed by atoms with Gasteiger partial charge >= 0.3 is 5.97 Å². The summed E-state index contributed by atoms with van der Waals surface area (Å²) in [7, 11) is 2.91. The number of carbonyl (C=O) groups is 2. The smallest absolute Gasteiger partial charge is 0.307 e. The number of hydrogen-bond donors (Lipinski definition) is 0. The average molecular weight is 297 g/mol. The van der Waals surface area contributed by atoms with Gasteiger partial charge in [0.1, 0.15) is 6.54 Å². The Labute approximate surface area is 124 Å². The van der Waals surface area contributed by atoms with Crippen LogP contribution in [0.5, 0.6) is 0 Å². The fraction of sp³-hybridized carbons (Fsp3) is 0.643. The third-order valence-corrected chi connectivity index (χ3v) is 3.12. The molecular weight excluding hydrogens is 274 g/mol. The lowest BCUT2D eigenvalue weighted by Gasteiger charge is -2.22. The highest BCUT2D eigenvalue weighted by molar-refractivity contribution is 5.77. The summed E-state index contributed by atoms with van der Waals surface area (Å²) in [5, 5.41) is 4.27. The minimum absolute atomic E-state index is 0.0952. The SMILES string of the molecule is COCCN(CCC(=O)OC)C(=O)Cn1nc(C)cc1C. The van der Waals surface area contributed by atoms with Gasteiger partial charge in [0.15, 0.2) is 0 Å². The summed E-state index contributed by atoms with van der Waals surface area (Å²) in [5.74, 6) is -0.432. The van der Waals surface area contributed by atoms with Gasteiger partial charge in [-0.2, -0.15) is 5.10 Å². The molecule has 0 aliphatic heterocycles. The highest BCUT2D eigenvalue weighted by Gasteiger charge is 2.16. The summed E-state index contributed by atoms with van der Waals surface area (Å²) in [5.41, 5.74) is 1.80. The highest BCUT2D eigenvalue weighted by Crippen LogP contribution is 2.04. The van der Waals surface area contributed by atoms with Crippen molar-refractivity contribution >= 4 is 11.9 Å². The highest BCUT2D eigenvalue weighted by atomic mass is 16.5. The Morgan fingerprint density at radius 1 is 1.29 bits per heavy atom. The molecule has 0 spiro atoms. The van der Waals surface area contributed by atoms with Crippen molar-refractivity contribution in [3.05, 3.63) is 17.5 Å². The minimum Gasteiger partial charge on any atom is -0.469 e. The van der Waals surface area contributed by atoms with Crippen LogP contribution in [0, 0.1) is 13.8 Å². The first kappa shape index (κ1) is 17.2. The van der Waals surface area contributed by atoms with E-state index in [4.69, 9.17) is 4.74 Å². The van der Waals surface area contributed by atoms with E-state index in [1.807, 2.05) is 19.9 Å². The molecule has 7 heteroatoms. The number of hydrogen-bond acceptors (Lipinski definition) is 5. The molecule has 0 N–H and O–H groups in total. The van der Waals surface area contributed by atoms with Crippen LogP contribution in [-0.4, -0.2) is 60.5 Å². The standard InChI is InChI=1S/C14H23N3O4/c1-11-9-12(2)17(15-11)10-13(18)16(7-8-20-3)6-5-14(19)21-4/h9H,5-8,10H2,1-4H3. The zero-order valence-corrected chi connectivity index (χ0v) is 13.1. The molecule has 1 heterocycles. The number of aromatic nitrogens is 2. The molecule has 0 saturated heterocycles. The predicted octanol–water partition coefficient (Wildman–Crippen LogP) is 0.538. The molecule has 0 aromatic carbocycles. The van der Waals surface area contributed by atoms with Crippen LogP contribution >= 0.6 is 0 Å². The number of methoxy groups -OCH3 is 2. The van der Waals surface area contributed by atoms with Crippen LogP contribution in [0.3, 0.4) is 0 Å². The lowest BCUT2D eigenvalue weighted by atomic mass is 10.3. The van der Waals surface area contributed by atoms with Crippen molar-refractivity contribution in [1.29, 1.82) is 0 Å². The monoisotopic (exact) mass is 297 g/mol. The first-order valence-corrected chi connectivity index (χ1v) is 6.82. The maximum Gasteiger partial charge on any atom is 0.307 e. The van der Waals surface area contributed by atoms with E-state index in [0.717, 1.165) is 11.4 Å². The van der Waals surface area contributed by atoms with Crippen molar-refractivity contribution < 1.29 is 19.1 Å². The van der Waals surface area contributed by atoms with Crippen LogP contribution < -0.4 is 0 Å². The molecule has 0 aliphatic rings. The van der Waals surface area contributed by atoms with E-state index in [0.29, 0.717) is 19.7 Å². The number of amides is 1. The summed E-state index contributed by atoms with van der Waals surface area (Å²) in [4.78, 5) is 25.2. The lowest BCUT2D eigenvalue weighted by Crippen LogP contribution is -2.38. The van der Waals surface area contributed by atoms with Crippen LogP contribution in [0.4, 0.5) is 0 Å². The summed E-state index contributed by atoms with van der Waals surface area (Å²) in [6.45, 7) is 5.11. The molecule has 0 bridgehead atoms. The maximum atomic E-state index is 12.3. The van der Waals surface area contributed by atoms with E-state index in [1.165, 1.54) is 7.11 Å². The predicted molar refractivity (Wildman–Crippen MR) is 76.8 cm³/mol. The fourth-order valence-corrected chi connectivity index (χ4v) is 1.95. The molecule has 0 unspecified atom stereocenters. The van der Waals surface area contributed by atoms with Gasteiger partial charge in [0.25, 0.3) is 0 Å². The topological polar surface area (TPSA) is 73.7 Å². The molecule has 7 nitrogen and oxygen atoms in total. The zero-order chi connectivity index (χ0) is 15.8. The van der Waals surface area contributed by atoms with Gasteiger partial charge in [-0.1, -0.05) is 0 Å². The van der Waals surface area contributed by atoms with Gasteiger partial charge in [-0.15, -0.1) is 0 Å². The quantitative estimate of drug-likeness (QED) is 0.655. The first-order valence-electron chi connectivity index (χ1n) is 6.82. The molecule has 0 radical (unpaired) electrons. The summed E-state index contributed by atoms with van der Waals surface area (Å²) >= 11 is 0. The van der Waals surface area contributed by atoms with E-state index in [-0.39, 0.29) is 24.8 Å². The van der Waals surface area contributed by atoms with Gasteiger partial charge in [0.05, 0.1) is 25.8 Å². The van der Waals surface area contributed by atoms with Crippen LogP contribution in [0.25, 0.3) is 0 Å². The van der Waals surface area contributed by atoms with Crippen LogP contribution in [0.1, 0.15) is 17.8 Å². The van der Waals surface area contributed by atoms with Crippen LogP contribution in [0.2, 0.25) is 0 Å². The molecular formula is C14H23N3O4. The Bertz CT molecular complexity index is 485. The van der Waals surface area contributed by atoms with Gasteiger partial charge in [-0.25, -0.2) is 0 Å². The molecule has 0 aliphatic carbocycles. The maximum absolute atomic E-state index is 12.3. The largest absolute Gasteiger partial charge is 0.469 e. The fourth-order valence-electron chi connectivity index (χ4n) is 1.95. The normalized spacial score (nSPS) is 10.5. The minimum atomic E-state index is -0.337. The summed E-state index contributed by atoms with van der Waals surface area (Å²) < 4.78 is 11.3. The number of nitrogens with zero attached hydrogens (tertiary/aromatic N) is 3. The van der Waals surface area contributed by atoms with E-state index >= 15 is 0 Å². The first-order chi connectivity index (χ1) is 9.97. The van der Waals surface area contributed by atoms with Crippen LogP contribution in [-0.2, 0) is 25.6 Å². The number of aryl methyl sites for hydroxylation is 2. The second-order valence-corrected chi connectivity index (χ2v) is 4.78. The lowest BCUT2D eigenvalue weighted by molar-refractivity contribution is -0.142. The van der Waals surface area contributed by atoms with Crippen molar-refractivity contribution in [2.75, 3.05) is 33.9 Å². The Morgan fingerprint density at radius 2 is 2.00 bits per heavy atom. The summed E-state index contributed by atoms with van der Waals surface area (Å²) in [6.07, 6.45) is 0.170. The third kappa shape index (κ3) is 5.55. The van der Waals surface area contributed by atoms with Gasteiger partial charge in [0, 0.05) is 25.9 Å². The van der Waals surface area contributed by atoms with E-state index in [2.05, 4.69) is 9.84 Å². The molecule has 0 fully saturated rings. The molecule has 1 amide bonds.